The van der Waals surface area contributed by atoms with E-state index in [1.165, 1.54) is 17.4 Å². The van der Waals surface area contributed by atoms with Crippen molar-refractivity contribution in [3.63, 3.8) is 0 Å². The molecule has 0 N–H and O–H groups in total. The van der Waals surface area contributed by atoms with Gasteiger partial charge < -0.3 is 4.74 Å². The highest BCUT2D eigenvalue weighted by molar-refractivity contribution is 7.89. The Morgan fingerprint density at radius 2 is 2.00 bits per heavy atom. The van der Waals surface area contributed by atoms with Crippen LogP contribution in [0.4, 0.5) is 0 Å². The summed E-state index contributed by atoms with van der Waals surface area (Å²) in [5, 5.41) is 0.242. The third-order valence-electron chi connectivity index (χ3n) is 2.35. The average Bonchev–Trinajstić information content (AvgIpc) is 2.29. The van der Waals surface area contributed by atoms with Crippen molar-refractivity contribution >= 4 is 21.6 Å². The standard InChI is InChI=1S/C11H16ClNO3S/c1-13(8-5-9-16-2)17(14,15)11-7-4-3-6-10(11)12/h3-4,6-7H,5,8-9H2,1-2H3. The maximum absolute atomic E-state index is 12.1. The number of hydrogen-bond acceptors (Lipinski definition) is 3. The number of hydrogen-bond donors (Lipinski definition) is 0. The van der Waals surface area contributed by atoms with Crippen LogP contribution in [0.2, 0.25) is 5.02 Å². The number of nitrogens with zero attached hydrogens (tertiary/aromatic N) is 1. The average molecular weight is 278 g/mol. The van der Waals surface area contributed by atoms with Crippen molar-refractivity contribution in [2.75, 3.05) is 27.3 Å². The molecule has 0 radical (unpaired) electrons. The van der Waals surface area contributed by atoms with Crippen molar-refractivity contribution in [3.8, 4) is 0 Å². The quantitative estimate of drug-likeness (QED) is 0.747. The summed E-state index contributed by atoms with van der Waals surface area (Å²) >= 11 is 5.88. The summed E-state index contributed by atoms with van der Waals surface area (Å²) in [5.41, 5.74) is 0. The van der Waals surface area contributed by atoms with Crippen molar-refractivity contribution in [2.45, 2.75) is 11.3 Å². The van der Waals surface area contributed by atoms with E-state index >= 15 is 0 Å². The Bertz CT molecular complexity index is 462. The molecule has 0 aliphatic carbocycles. The summed E-state index contributed by atoms with van der Waals surface area (Å²) in [6, 6.07) is 6.43. The lowest BCUT2D eigenvalue weighted by Crippen LogP contribution is -2.28. The van der Waals surface area contributed by atoms with Crippen LogP contribution in [0, 0.1) is 0 Å². The molecule has 0 atom stereocenters. The van der Waals surface area contributed by atoms with Crippen molar-refractivity contribution in [3.05, 3.63) is 29.3 Å². The molecule has 0 amide bonds. The van der Waals surface area contributed by atoms with E-state index in [1.807, 2.05) is 0 Å². The van der Waals surface area contributed by atoms with E-state index in [2.05, 4.69) is 0 Å². The van der Waals surface area contributed by atoms with Gasteiger partial charge in [-0.15, -0.1) is 0 Å². The van der Waals surface area contributed by atoms with Gasteiger partial charge in [0.25, 0.3) is 0 Å². The Kier molecular flexibility index (Phi) is 5.39. The Morgan fingerprint density at radius 3 is 2.59 bits per heavy atom. The molecule has 1 aromatic carbocycles. The molecule has 0 spiro atoms. The molecule has 1 rings (SSSR count). The normalized spacial score (nSPS) is 12.0. The first kappa shape index (κ1) is 14.4. The lowest BCUT2D eigenvalue weighted by atomic mass is 10.4. The number of ether oxygens (including phenoxy) is 1. The fourth-order valence-electron chi connectivity index (χ4n) is 1.37. The number of rotatable bonds is 6. The Labute approximate surface area is 107 Å². The minimum atomic E-state index is -3.50. The van der Waals surface area contributed by atoms with E-state index in [1.54, 1.807) is 25.3 Å². The van der Waals surface area contributed by atoms with E-state index in [-0.39, 0.29) is 9.92 Å². The Balaban J connectivity index is 2.85. The first-order valence-electron chi connectivity index (χ1n) is 5.20. The second-order valence-electron chi connectivity index (χ2n) is 3.60. The highest BCUT2D eigenvalue weighted by Gasteiger charge is 2.22. The van der Waals surface area contributed by atoms with Gasteiger partial charge in [0.2, 0.25) is 10.0 Å². The monoisotopic (exact) mass is 277 g/mol. The molecule has 6 heteroatoms. The zero-order valence-electron chi connectivity index (χ0n) is 9.89. The summed E-state index contributed by atoms with van der Waals surface area (Å²) in [6.07, 6.45) is 0.649. The topological polar surface area (TPSA) is 46.6 Å². The molecule has 17 heavy (non-hydrogen) atoms. The predicted octanol–water partition coefficient (Wildman–Crippen LogP) is 2.00. The first-order chi connectivity index (χ1) is 8.00. The minimum Gasteiger partial charge on any atom is -0.385 e. The molecule has 0 saturated heterocycles. The number of halogens is 1. The van der Waals surface area contributed by atoms with Crippen LogP contribution in [0.25, 0.3) is 0 Å². The molecule has 0 heterocycles. The van der Waals surface area contributed by atoms with Gasteiger partial charge in [0.15, 0.2) is 0 Å². The van der Waals surface area contributed by atoms with Crippen molar-refractivity contribution in [1.29, 1.82) is 0 Å². The Morgan fingerprint density at radius 1 is 1.35 bits per heavy atom. The summed E-state index contributed by atoms with van der Waals surface area (Å²) in [5.74, 6) is 0. The van der Waals surface area contributed by atoms with E-state index < -0.39 is 10.0 Å². The SMILES string of the molecule is COCCCN(C)S(=O)(=O)c1ccccc1Cl. The van der Waals surface area contributed by atoms with E-state index in [0.717, 1.165) is 0 Å². The lowest BCUT2D eigenvalue weighted by Gasteiger charge is -2.17. The largest absolute Gasteiger partial charge is 0.385 e. The summed E-state index contributed by atoms with van der Waals surface area (Å²) in [7, 11) is -0.382. The van der Waals surface area contributed by atoms with Gasteiger partial charge in [-0.3, -0.25) is 0 Å². The molecular formula is C11H16ClNO3S. The smallest absolute Gasteiger partial charge is 0.244 e. The lowest BCUT2D eigenvalue weighted by molar-refractivity contribution is 0.189. The van der Waals surface area contributed by atoms with E-state index in [0.29, 0.717) is 19.6 Å². The number of sulfonamides is 1. The van der Waals surface area contributed by atoms with Crippen LogP contribution < -0.4 is 0 Å². The molecule has 4 nitrogen and oxygen atoms in total. The van der Waals surface area contributed by atoms with Gasteiger partial charge >= 0.3 is 0 Å². The first-order valence-corrected chi connectivity index (χ1v) is 7.01. The third-order valence-corrected chi connectivity index (χ3v) is 4.70. The fraction of sp³-hybridized carbons (Fsp3) is 0.455. The number of methoxy groups -OCH3 is 1. The molecular weight excluding hydrogens is 262 g/mol. The predicted molar refractivity (Wildman–Crippen MR) is 67.8 cm³/mol. The summed E-state index contributed by atoms with van der Waals surface area (Å²) in [4.78, 5) is 0.140. The number of benzene rings is 1. The fourth-order valence-corrected chi connectivity index (χ4v) is 3.07. The van der Waals surface area contributed by atoms with Gasteiger partial charge in [-0.2, -0.15) is 0 Å². The molecule has 0 aliphatic heterocycles. The van der Waals surface area contributed by atoms with Crippen molar-refractivity contribution in [2.24, 2.45) is 0 Å². The molecule has 96 valence electrons. The van der Waals surface area contributed by atoms with Crippen LogP contribution >= 0.6 is 11.6 Å². The summed E-state index contributed by atoms with van der Waals surface area (Å²) < 4.78 is 30.5. The highest BCUT2D eigenvalue weighted by atomic mass is 35.5. The molecule has 0 aromatic heterocycles. The third kappa shape index (κ3) is 3.67. The zero-order valence-corrected chi connectivity index (χ0v) is 11.5. The van der Waals surface area contributed by atoms with Crippen LogP contribution in [-0.2, 0) is 14.8 Å². The molecule has 0 bridgehead atoms. The second-order valence-corrected chi connectivity index (χ2v) is 6.02. The highest BCUT2D eigenvalue weighted by Crippen LogP contribution is 2.23. The summed E-state index contributed by atoms with van der Waals surface area (Å²) in [6.45, 7) is 0.934. The van der Waals surface area contributed by atoms with Gasteiger partial charge in [-0.05, 0) is 18.6 Å². The zero-order chi connectivity index (χ0) is 12.9. The van der Waals surface area contributed by atoms with Gasteiger partial charge in [0.1, 0.15) is 4.90 Å². The van der Waals surface area contributed by atoms with Crippen molar-refractivity contribution in [1.82, 2.24) is 4.31 Å². The van der Waals surface area contributed by atoms with Gasteiger partial charge in [0, 0.05) is 27.3 Å². The molecule has 0 fully saturated rings. The maximum atomic E-state index is 12.1. The van der Waals surface area contributed by atoms with Gasteiger partial charge in [-0.25, -0.2) is 12.7 Å². The molecule has 0 saturated carbocycles. The van der Waals surface area contributed by atoms with Crippen molar-refractivity contribution < 1.29 is 13.2 Å². The molecule has 1 aromatic rings. The molecule has 0 aliphatic rings. The maximum Gasteiger partial charge on any atom is 0.244 e. The van der Waals surface area contributed by atoms with Gasteiger partial charge in [-0.1, -0.05) is 23.7 Å². The van der Waals surface area contributed by atoms with Gasteiger partial charge in [0.05, 0.1) is 5.02 Å². The molecule has 0 unspecified atom stereocenters. The van der Waals surface area contributed by atoms with Crippen LogP contribution in [0.15, 0.2) is 29.2 Å². The Hall–Kier alpha value is -0.620. The van der Waals surface area contributed by atoms with E-state index in [9.17, 15) is 8.42 Å². The van der Waals surface area contributed by atoms with Crippen LogP contribution in [0.1, 0.15) is 6.42 Å². The van der Waals surface area contributed by atoms with Crippen LogP contribution in [0.3, 0.4) is 0 Å². The van der Waals surface area contributed by atoms with E-state index in [4.69, 9.17) is 16.3 Å². The van der Waals surface area contributed by atoms with Crippen LogP contribution in [-0.4, -0.2) is 40.0 Å². The minimum absolute atomic E-state index is 0.140. The van der Waals surface area contributed by atoms with Crippen LogP contribution in [0.5, 0.6) is 0 Å². The second kappa shape index (κ2) is 6.35.